The van der Waals surface area contributed by atoms with Crippen LogP contribution in [0.1, 0.15) is 67.6 Å². The van der Waals surface area contributed by atoms with Crippen molar-refractivity contribution in [3.05, 3.63) is 65.2 Å². The minimum absolute atomic E-state index is 0. The number of ether oxygens (including phenoxy) is 2. The number of alkyl halides is 3. The van der Waals surface area contributed by atoms with Crippen LogP contribution in [0.15, 0.2) is 48.5 Å². The number of nitrogens with zero attached hydrogens (tertiary/aromatic N) is 1. The number of likely N-dealkylation sites (tertiary alicyclic amines) is 1. The van der Waals surface area contributed by atoms with Gasteiger partial charge in [-0.25, -0.2) is 0 Å². The Hall–Kier alpha value is -2.29. The number of benzene rings is 2. The average Bonchev–Trinajstić information content (AvgIpc) is 3.40. The number of hydrogen-bond donors (Lipinski definition) is 1. The maximum absolute atomic E-state index is 14.6. The van der Waals surface area contributed by atoms with Crippen molar-refractivity contribution in [3.63, 3.8) is 0 Å². The van der Waals surface area contributed by atoms with Gasteiger partial charge in [0.1, 0.15) is 5.75 Å². The Morgan fingerprint density at radius 2 is 1.83 bits per heavy atom. The Bertz CT molecular complexity index is 1190. The second-order valence-corrected chi connectivity index (χ2v) is 12.1. The lowest BCUT2D eigenvalue weighted by Crippen LogP contribution is -3.00. The van der Waals surface area contributed by atoms with Gasteiger partial charge in [0.25, 0.3) is 0 Å². The van der Waals surface area contributed by atoms with Crippen LogP contribution in [0, 0.1) is 11.8 Å². The van der Waals surface area contributed by atoms with Crippen LogP contribution in [0.5, 0.6) is 5.75 Å². The van der Waals surface area contributed by atoms with Crippen molar-refractivity contribution in [1.82, 2.24) is 10.2 Å². The van der Waals surface area contributed by atoms with Crippen molar-refractivity contribution in [3.8, 4) is 5.75 Å². The van der Waals surface area contributed by atoms with Crippen LogP contribution in [0.2, 0.25) is 0 Å². The molecule has 4 aliphatic rings. The van der Waals surface area contributed by atoms with E-state index in [0.717, 1.165) is 37.8 Å². The van der Waals surface area contributed by atoms with E-state index >= 15 is 0 Å². The minimum atomic E-state index is -4.43. The van der Waals surface area contributed by atoms with Crippen LogP contribution in [-0.2, 0) is 21.6 Å². The minimum Gasteiger partial charge on any atom is -1.00 e. The third-order valence-electron chi connectivity index (χ3n) is 9.81. The number of carbonyl (C=O) groups excluding carboxylic acids is 1. The molecular weight excluding hydrogens is 553 g/mol. The molecule has 1 saturated carbocycles. The van der Waals surface area contributed by atoms with E-state index in [1.54, 1.807) is 12.1 Å². The predicted octanol–water partition coefficient (Wildman–Crippen LogP) is 2.97. The van der Waals surface area contributed by atoms with Gasteiger partial charge in [-0.15, -0.1) is 0 Å². The van der Waals surface area contributed by atoms with Gasteiger partial charge in [-0.3, -0.25) is 4.79 Å². The predicted molar refractivity (Wildman–Crippen MR) is 146 cm³/mol. The van der Waals surface area contributed by atoms with Gasteiger partial charge in [0.2, 0.25) is 5.91 Å². The highest BCUT2D eigenvalue weighted by Crippen LogP contribution is 2.46. The monoisotopic (exact) mass is 591 g/mol. The van der Waals surface area contributed by atoms with Crippen LogP contribution in [0.3, 0.4) is 0 Å². The number of hydrogen-bond acceptors (Lipinski definition) is 4. The van der Waals surface area contributed by atoms with Gasteiger partial charge in [-0.1, -0.05) is 61.7 Å². The molecule has 3 fully saturated rings. The summed E-state index contributed by atoms with van der Waals surface area (Å²) in [6.07, 6.45) is 3.52. The molecule has 1 amide bonds. The number of fused-ring (bicyclic) bond motifs is 2. The van der Waals surface area contributed by atoms with E-state index in [1.165, 1.54) is 24.8 Å². The molecule has 0 radical (unpaired) electrons. The van der Waals surface area contributed by atoms with E-state index in [-0.39, 0.29) is 42.6 Å². The third-order valence-corrected chi connectivity index (χ3v) is 9.81. The van der Waals surface area contributed by atoms with Crippen molar-refractivity contribution in [2.75, 3.05) is 32.8 Å². The summed E-state index contributed by atoms with van der Waals surface area (Å²) in [7, 11) is 0. The van der Waals surface area contributed by atoms with Gasteiger partial charge < -0.3 is 32.1 Å². The maximum Gasteiger partial charge on any atom is 0.422 e. The molecule has 3 aliphatic heterocycles. The number of halogens is 4. The van der Waals surface area contributed by atoms with Crippen LogP contribution in [0.25, 0.3) is 0 Å². The van der Waals surface area contributed by atoms with Crippen LogP contribution >= 0.6 is 0 Å². The van der Waals surface area contributed by atoms with E-state index < -0.39 is 18.2 Å². The second-order valence-electron chi connectivity index (χ2n) is 12.1. The number of rotatable bonds is 5. The van der Waals surface area contributed by atoms with Crippen LogP contribution in [0.4, 0.5) is 13.2 Å². The molecule has 6 rings (SSSR count). The third kappa shape index (κ3) is 6.11. The molecular formula is C32H39ClF3N2O3-. The first-order chi connectivity index (χ1) is 19.4. The lowest BCUT2D eigenvalue weighted by molar-refractivity contribution is -0.153. The normalized spacial score (nSPS) is 28.7. The summed E-state index contributed by atoms with van der Waals surface area (Å²) in [4.78, 5) is 16.8. The fourth-order valence-electron chi connectivity index (χ4n) is 7.87. The summed E-state index contributed by atoms with van der Waals surface area (Å²) >= 11 is 0. The van der Waals surface area contributed by atoms with E-state index in [1.807, 2.05) is 6.07 Å². The van der Waals surface area contributed by atoms with Gasteiger partial charge in [0.15, 0.2) is 6.61 Å². The molecule has 0 aromatic heterocycles. The Kier molecular flexibility index (Phi) is 9.22. The lowest BCUT2D eigenvalue weighted by Gasteiger charge is -2.48. The highest BCUT2D eigenvalue weighted by molar-refractivity contribution is 5.82. The molecule has 1 N–H and O–H groups in total. The van der Waals surface area contributed by atoms with Gasteiger partial charge in [-0.2, -0.15) is 13.2 Å². The van der Waals surface area contributed by atoms with Crippen molar-refractivity contribution in [2.45, 2.75) is 75.1 Å². The fraction of sp³-hybridized carbons (Fsp3) is 0.594. The molecule has 2 aromatic carbocycles. The van der Waals surface area contributed by atoms with Gasteiger partial charge in [-0.05, 0) is 54.7 Å². The van der Waals surface area contributed by atoms with Gasteiger partial charge in [0.05, 0.1) is 19.1 Å². The topological polar surface area (TPSA) is 50.8 Å². The summed E-state index contributed by atoms with van der Waals surface area (Å²) in [6.45, 7) is 1.00. The van der Waals surface area contributed by atoms with E-state index in [9.17, 15) is 18.0 Å². The highest BCUT2D eigenvalue weighted by Gasteiger charge is 2.53. The molecule has 2 aromatic rings. The van der Waals surface area contributed by atoms with E-state index in [2.05, 4.69) is 40.5 Å². The van der Waals surface area contributed by atoms with E-state index in [4.69, 9.17) is 9.47 Å². The Morgan fingerprint density at radius 3 is 2.59 bits per heavy atom. The first-order valence-electron chi connectivity index (χ1n) is 14.8. The van der Waals surface area contributed by atoms with Crippen LogP contribution in [-0.4, -0.2) is 55.9 Å². The van der Waals surface area contributed by atoms with Crippen molar-refractivity contribution in [1.29, 1.82) is 0 Å². The Labute approximate surface area is 246 Å². The van der Waals surface area contributed by atoms with E-state index in [0.29, 0.717) is 37.1 Å². The largest absolute Gasteiger partial charge is 1.00 e. The number of piperidine rings is 1. The first-order valence-corrected chi connectivity index (χ1v) is 14.8. The zero-order valence-electron chi connectivity index (χ0n) is 23.3. The van der Waals surface area contributed by atoms with Crippen molar-refractivity contribution >= 4 is 5.91 Å². The first kappa shape index (κ1) is 30.2. The standard InChI is InChI=1S/C32H39F3N2O3.ClH/c33-32(34,35)21-40-29-13-7-12-26-25(29)18-39-20-31(26)19-36-17-27(31)30(38)37-15-14-24(22-8-3-1-4-9-22)16-28(37)23-10-5-2-6-11-23;/h1,3-4,7-9,12-13,23-24,27-28,36H,2,5-6,10-11,14-21H2;1H/p-1/t24-,27+,28+,31-;/m1./s1. The Balaban J connectivity index is 0.00000337. The molecule has 4 atom stereocenters. The molecule has 3 heterocycles. The second kappa shape index (κ2) is 12.5. The zero-order chi connectivity index (χ0) is 27.7. The average molecular weight is 592 g/mol. The molecule has 2 saturated heterocycles. The quantitative estimate of drug-likeness (QED) is 0.581. The Morgan fingerprint density at radius 1 is 1.05 bits per heavy atom. The molecule has 224 valence electrons. The number of carbonyl (C=O) groups is 1. The SMILES string of the molecule is O=C([C@@H]1CNC[C@]12COCc1c(OCC(F)(F)F)cccc12)N1CC[C@@H](c2ccccc2)C[C@H]1C1CCCCC1.[Cl-]. The molecule has 0 unspecified atom stereocenters. The van der Waals surface area contributed by atoms with Gasteiger partial charge in [0, 0.05) is 36.7 Å². The molecule has 0 bridgehead atoms. The smallest absolute Gasteiger partial charge is 0.422 e. The lowest BCUT2D eigenvalue weighted by atomic mass is 9.68. The highest BCUT2D eigenvalue weighted by atomic mass is 35.5. The molecule has 9 heteroatoms. The fourth-order valence-corrected chi connectivity index (χ4v) is 7.87. The molecule has 1 spiro atoms. The maximum atomic E-state index is 14.6. The summed E-state index contributed by atoms with van der Waals surface area (Å²) < 4.78 is 50.1. The summed E-state index contributed by atoms with van der Waals surface area (Å²) in [5.41, 5.74) is 2.24. The number of nitrogens with one attached hydrogen (secondary N) is 1. The summed E-state index contributed by atoms with van der Waals surface area (Å²) in [5, 5.41) is 3.45. The van der Waals surface area contributed by atoms with Crippen molar-refractivity contribution < 1.29 is 39.8 Å². The summed E-state index contributed by atoms with van der Waals surface area (Å²) in [6, 6.07) is 16.1. The van der Waals surface area contributed by atoms with Crippen LogP contribution < -0.4 is 22.5 Å². The zero-order valence-corrected chi connectivity index (χ0v) is 24.1. The molecule has 41 heavy (non-hydrogen) atoms. The summed E-state index contributed by atoms with van der Waals surface area (Å²) in [5.74, 6) is 0.955. The van der Waals surface area contributed by atoms with Crippen molar-refractivity contribution in [2.24, 2.45) is 11.8 Å². The van der Waals surface area contributed by atoms with Gasteiger partial charge >= 0.3 is 6.18 Å². The number of amides is 1. The molecule has 1 aliphatic carbocycles. The molecule has 5 nitrogen and oxygen atoms in total.